The Bertz CT molecular complexity index is 873. The van der Waals surface area contributed by atoms with E-state index >= 15 is 0 Å². The molecule has 0 spiro atoms. The second-order valence-corrected chi connectivity index (χ2v) is 5.80. The van der Waals surface area contributed by atoms with Gasteiger partial charge in [0.25, 0.3) is 0 Å². The highest BCUT2D eigenvalue weighted by molar-refractivity contribution is 7.18. The van der Waals surface area contributed by atoms with Crippen molar-refractivity contribution in [1.82, 2.24) is 8.80 Å². The van der Waals surface area contributed by atoms with Gasteiger partial charge >= 0.3 is 0 Å². The highest BCUT2D eigenvalue weighted by atomic mass is 32.1. The van der Waals surface area contributed by atoms with Crippen LogP contribution in [-0.4, -0.2) is 8.80 Å². The topological polar surface area (TPSA) is 8.82 Å². The average molecular weight is 242 g/mol. The smallest absolute Gasteiger partial charge is 0.132 e. The first-order chi connectivity index (χ1) is 7.95. The van der Waals surface area contributed by atoms with E-state index in [1.807, 2.05) is 22.7 Å². The molecular formula is C12H6N2S2. The number of rotatable bonds is 0. The zero-order valence-corrected chi connectivity index (χ0v) is 9.81. The predicted molar refractivity (Wildman–Crippen MR) is 70.3 cm³/mol. The molecule has 0 N–H and O–H groups in total. The van der Waals surface area contributed by atoms with E-state index in [2.05, 4.69) is 44.1 Å². The minimum Gasteiger partial charge on any atom is -0.291 e. The summed E-state index contributed by atoms with van der Waals surface area (Å²) in [6.07, 6.45) is 4.33. The van der Waals surface area contributed by atoms with Crippen molar-refractivity contribution >= 4 is 54.1 Å². The second-order valence-electron chi connectivity index (χ2n) is 4.02. The number of hydrogen-bond acceptors (Lipinski definition) is 2. The van der Waals surface area contributed by atoms with Crippen LogP contribution < -0.4 is 0 Å². The van der Waals surface area contributed by atoms with Crippen LogP contribution >= 0.6 is 22.7 Å². The Kier molecular flexibility index (Phi) is 1.09. The number of thiophene rings is 2. The van der Waals surface area contributed by atoms with E-state index in [1.54, 1.807) is 0 Å². The normalized spacial score (nSPS) is 13.0. The van der Waals surface area contributed by atoms with E-state index in [0.29, 0.717) is 0 Å². The molecule has 0 saturated heterocycles. The summed E-state index contributed by atoms with van der Waals surface area (Å²) in [7, 11) is 0. The van der Waals surface area contributed by atoms with Crippen LogP contribution in [0, 0.1) is 0 Å². The molecule has 0 saturated carbocycles. The van der Waals surface area contributed by atoms with Crippen LogP contribution in [0.4, 0.5) is 0 Å². The first-order valence-corrected chi connectivity index (χ1v) is 6.88. The van der Waals surface area contributed by atoms with Gasteiger partial charge in [0.05, 0.1) is 0 Å². The van der Waals surface area contributed by atoms with Crippen LogP contribution in [0.5, 0.6) is 0 Å². The molecule has 0 aliphatic heterocycles. The highest BCUT2D eigenvalue weighted by Crippen LogP contribution is 2.40. The lowest BCUT2D eigenvalue weighted by atomic mass is 10.2. The number of nitrogens with zero attached hydrogens (tertiary/aromatic N) is 2. The Morgan fingerprint density at radius 2 is 1.38 bits per heavy atom. The maximum Gasteiger partial charge on any atom is 0.132 e. The minimum atomic E-state index is 1.34. The third-order valence-corrected chi connectivity index (χ3v) is 5.13. The Morgan fingerprint density at radius 1 is 0.812 bits per heavy atom. The van der Waals surface area contributed by atoms with Crippen LogP contribution in [0.1, 0.15) is 0 Å². The molecule has 0 aliphatic rings. The monoisotopic (exact) mass is 242 g/mol. The van der Waals surface area contributed by atoms with Crippen LogP contribution in [0.25, 0.3) is 31.5 Å². The second kappa shape index (κ2) is 2.26. The van der Waals surface area contributed by atoms with Gasteiger partial charge in [0.15, 0.2) is 0 Å². The summed E-state index contributed by atoms with van der Waals surface area (Å²) < 4.78 is 4.62. The SMILES string of the molecule is c1cc2c3c4ccsc4n4ccn(c2s1)c34. The number of hydrogen-bond donors (Lipinski definition) is 0. The first kappa shape index (κ1) is 7.70. The summed E-state index contributed by atoms with van der Waals surface area (Å²) in [5.41, 5.74) is 1.34. The Balaban J connectivity index is 2.41. The Morgan fingerprint density at radius 3 is 1.94 bits per heavy atom. The van der Waals surface area contributed by atoms with Gasteiger partial charge in [-0.25, -0.2) is 0 Å². The molecule has 0 bridgehead atoms. The quantitative estimate of drug-likeness (QED) is 0.387. The zero-order valence-electron chi connectivity index (χ0n) is 8.18. The molecule has 0 radical (unpaired) electrons. The van der Waals surface area contributed by atoms with Gasteiger partial charge in [-0.2, -0.15) is 0 Å². The Labute approximate surface area is 98.3 Å². The molecule has 4 heteroatoms. The zero-order chi connectivity index (χ0) is 10.3. The van der Waals surface area contributed by atoms with Gasteiger partial charge in [-0.3, -0.25) is 8.80 Å². The van der Waals surface area contributed by atoms with Crippen molar-refractivity contribution in [3.05, 3.63) is 35.3 Å². The van der Waals surface area contributed by atoms with Gasteiger partial charge in [0.2, 0.25) is 0 Å². The van der Waals surface area contributed by atoms with E-state index < -0.39 is 0 Å². The standard InChI is InChI=1S/C12H6N2S2/c1-5-15-11-7(1)9-8-2-6-16-12(8)14-4-3-13(11)10(9)14/h1-6H. The van der Waals surface area contributed by atoms with E-state index in [0.717, 1.165) is 0 Å². The summed E-state index contributed by atoms with van der Waals surface area (Å²) in [5.74, 6) is 0. The molecule has 0 atom stereocenters. The van der Waals surface area contributed by atoms with Gasteiger partial charge in [-0.05, 0) is 22.9 Å². The summed E-state index contributed by atoms with van der Waals surface area (Å²) >= 11 is 3.63. The summed E-state index contributed by atoms with van der Waals surface area (Å²) in [6, 6.07) is 4.47. The lowest BCUT2D eigenvalue weighted by molar-refractivity contribution is 1.27. The summed E-state index contributed by atoms with van der Waals surface area (Å²) in [5, 5.41) is 8.56. The van der Waals surface area contributed by atoms with Gasteiger partial charge < -0.3 is 0 Å². The van der Waals surface area contributed by atoms with Crippen LogP contribution in [-0.2, 0) is 0 Å². The third-order valence-electron chi connectivity index (χ3n) is 3.31. The van der Waals surface area contributed by atoms with Crippen molar-refractivity contribution in [2.75, 3.05) is 0 Å². The minimum absolute atomic E-state index is 1.34. The molecule has 0 aliphatic carbocycles. The van der Waals surface area contributed by atoms with E-state index in [4.69, 9.17) is 0 Å². The molecule has 5 heterocycles. The fourth-order valence-electron chi connectivity index (χ4n) is 2.70. The molecular weight excluding hydrogens is 236 g/mol. The number of aromatic nitrogens is 2. The van der Waals surface area contributed by atoms with Gasteiger partial charge in [0, 0.05) is 28.6 Å². The maximum atomic E-state index is 2.31. The molecule has 76 valence electrons. The van der Waals surface area contributed by atoms with Crippen LogP contribution in [0.3, 0.4) is 0 Å². The molecule has 5 aromatic rings. The molecule has 5 rings (SSSR count). The van der Waals surface area contributed by atoms with E-state index in [1.165, 1.54) is 31.5 Å². The van der Waals surface area contributed by atoms with Crippen molar-refractivity contribution < 1.29 is 0 Å². The molecule has 16 heavy (non-hydrogen) atoms. The number of fused-ring (bicyclic) bond motifs is 6. The largest absolute Gasteiger partial charge is 0.291 e. The van der Waals surface area contributed by atoms with Crippen LogP contribution in [0.15, 0.2) is 35.3 Å². The third kappa shape index (κ3) is 0.621. The molecule has 0 unspecified atom stereocenters. The van der Waals surface area contributed by atoms with Gasteiger partial charge in [-0.1, -0.05) is 0 Å². The van der Waals surface area contributed by atoms with Gasteiger partial charge in [0.1, 0.15) is 15.3 Å². The first-order valence-electron chi connectivity index (χ1n) is 5.12. The molecule has 0 aromatic carbocycles. The Hall–Kier alpha value is -1.52. The lowest BCUT2D eigenvalue weighted by Crippen LogP contribution is -1.74. The van der Waals surface area contributed by atoms with Crippen molar-refractivity contribution in [3.8, 4) is 0 Å². The molecule has 0 fully saturated rings. The summed E-state index contributed by atoms with van der Waals surface area (Å²) in [6.45, 7) is 0. The fraction of sp³-hybridized carbons (Fsp3) is 0. The fourth-order valence-corrected chi connectivity index (χ4v) is 4.48. The van der Waals surface area contributed by atoms with E-state index in [-0.39, 0.29) is 0 Å². The maximum absolute atomic E-state index is 2.31. The lowest BCUT2D eigenvalue weighted by Gasteiger charge is -1.84. The predicted octanol–water partition coefficient (Wildman–Crippen LogP) is 4.06. The van der Waals surface area contributed by atoms with Gasteiger partial charge in [-0.15, -0.1) is 22.7 Å². The van der Waals surface area contributed by atoms with Crippen molar-refractivity contribution in [2.45, 2.75) is 0 Å². The molecule has 2 nitrogen and oxygen atoms in total. The van der Waals surface area contributed by atoms with Crippen LogP contribution in [0.2, 0.25) is 0 Å². The number of imidazole rings is 1. The van der Waals surface area contributed by atoms with Crippen molar-refractivity contribution in [1.29, 1.82) is 0 Å². The van der Waals surface area contributed by atoms with Crippen molar-refractivity contribution in [3.63, 3.8) is 0 Å². The summed E-state index contributed by atoms with van der Waals surface area (Å²) in [4.78, 5) is 2.72. The highest BCUT2D eigenvalue weighted by Gasteiger charge is 2.18. The average Bonchev–Trinajstić information content (AvgIpc) is 2.98. The molecule has 0 amide bonds. The van der Waals surface area contributed by atoms with E-state index in [9.17, 15) is 0 Å². The molecule has 5 aromatic heterocycles. The van der Waals surface area contributed by atoms with Crippen molar-refractivity contribution in [2.24, 2.45) is 0 Å².